The van der Waals surface area contributed by atoms with Crippen molar-refractivity contribution in [2.24, 2.45) is 9.98 Å². The largest absolute Gasteiger partial charge is 0.508 e. The Morgan fingerprint density at radius 1 is 0.980 bits per heavy atom. The summed E-state index contributed by atoms with van der Waals surface area (Å²) in [6, 6.07) is 15.4. The van der Waals surface area contributed by atoms with E-state index in [4.69, 9.17) is 9.47 Å². The first kappa shape index (κ1) is 34.7. The van der Waals surface area contributed by atoms with Crippen LogP contribution in [0.25, 0.3) is 6.08 Å². The maximum Gasteiger partial charge on any atom is 0.327 e. The predicted molar refractivity (Wildman–Crippen MR) is 181 cm³/mol. The molecule has 3 aliphatic heterocycles. The van der Waals surface area contributed by atoms with Crippen LogP contribution in [0.4, 0.5) is 5.69 Å². The summed E-state index contributed by atoms with van der Waals surface area (Å²) in [5, 5.41) is 72.5. The number of aliphatic hydroxyl groups is 4. The average molecular weight is 688 g/mol. The summed E-state index contributed by atoms with van der Waals surface area (Å²) < 4.78 is 11.2. The molecule has 1 amide bonds. The number of ether oxygens (including phenoxy) is 2. The molecule has 0 aromatic heterocycles. The molecule has 3 aliphatic rings. The third kappa shape index (κ3) is 7.11. The molecular weight excluding hydrogens is 650 g/mol. The van der Waals surface area contributed by atoms with Crippen molar-refractivity contribution in [3.05, 3.63) is 89.0 Å². The van der Waals surface area contributed by atoms with E-state index in [-0.39, 0.29) is 17.2 Å². The van der Waals surface area contributed by atoms with E-state index in [0.29, 0.717) is 48.3 Å². The molecule has 14 nitrogen and oxygen atoms in total. The molecule has 0 bridgehead atoms. The van der Waals surface area contributed by atoms with Crippen molar-refractivity contribution in [3.63, 3.8) is 0 Å². The Morgan fingerprint density at radius 3 is 2.46 bits per heavy atom. The number of aromatic hydroxyl groups is 2. The molecule has 0 unspecified atom stereocenters. The van der Waals surface area contributed by atoms with Gasteiger partial charge in [-0.3, -0.25) is 19.7 Å². The number of phenols is 2. The molecular formula is C36H37N3O11. The summed E-state index contributed by atoms with van der Waals surface area (Å²) >= 11 is 0. The lowest BCUT2D eigenvalue weighted by Gasteiger charge is -2.39. The number of carbonyl (C=O) groups excluding carboxylic acids is 1. The fraction of sp³-hybridized carbons (Fsp3) is 0.333. The summed E-state index contributed by atoms with van der Waals surface area (Å²) in [5.74, 6) is -3.42. The van der Waals surface area contributed by atoms with Gasteiger partial charge in [-0.1, -0.05) is 36.4 Å². The molecule has 3 aromatic carbocycles. The molecule has 262 valence electrons. The number of hydrogen-bond donors (Lipinski definition) is 7. The number of phenolic OH excluding ortho intramolecular Hbond substituents is 2. The fourth-order valence-electron chi connectivity index (χ4n) is 6.50. The SMILES string of the molecule is O=C(O)[C@H]1[C@H](CCc2ccccc2)c2cc(O)c(O[C@@H]3O[C@H](CO)[C@@H](O)[C@H](O)[C@H]3O)cc2N1C(=O)/C=C/c1ccc(O)c(CC2=NCN=C2)c1. The van der Waals surface area contributed by atoms with Crippen molar-refractivity contribution < 1.29 is 54.8 Å². The van der Waals surface area contributed by atoms with Crippen molar-refractivity contribution in [1.82, 2.24) is 0 Å². The molecule has 7 atom stereocenters. The van der Waals surface area contributed by atoms with Crippen molar-refractivity contribution in [3.8, 4) is 17.2 Å². The van der Waals surface area contributed by atoms with E-state index < -0.39 is 66.9 Å². The second-order valence-corrected chi connectivity index (χ2v) is 12.3. The van der Waals surface area contributed by atoms with Gasteiger partial charge in [0.2, 0.25) is 6.29 Å². The Kier molecular flexibility index (Phi) is 10.3. The maximum absolute atomic E-state index is 14.0. The molecule has 7 N–H and O–H groups in total. The average Bonchev–Trinajstić information content (AvgIpc) is 3.74. The Balaban J connectivity index is 1.34. The number of carbonyl (C=O) groups is 2. The molecule has 14 heteroatoms. The molecule has 0 spiro atoms. The highest BCUT2D eigenvalue weighted by Gasteiger charge is 2.48. The first-order valence-electron chi connectivity index (χ1n) is 16.0. The van der Waals surface area contributed by atoms with E-state index >= 15 is 0 Å². The van der Waals surface area contributed by atoms with Crippen molar-refractivity contribution >= 4 is 35.6 Å². The molecule has 3 aromatic rings. The molecule has 0 saturated carbocycles. The van der Waals surface area contributed by atoms with Crippen LogP contribution < -0.4 is 9.64 Å². The van der Waals surface area contributed by atoms with Crippen LogP contribution in [0.5, 0.6) is 17.2 Å². The van der Waals surface area contributed by atoms with Gasteiger partial charge in [0.05, 0.1) is 18.0 Å². The number of carboxylic acids is 1. The van der Waals surface area contributed by atoms with Crippen molar-refractivity contribution in [2.75, 3.05) is 18.2 Å². The molecule has 0 aliphatic carbocycles. The number of carboxylic acid groups (broad SMARTS) is 1. The van der Waals surface area contributed by atoms with Gasteiger partial charge < -0.3 is 45.2 Å². The molecule has 0 radical (unpaired) electrons. The Morgan fingerprint density at radius 2 is 1.76 bits per heavy atom. The van der Waals surface area contributed by atoms with Crippen molar-refractivity contribution in [2.45, 2.75) is 61.9 Å². The van der Waals surface area contributed by atoms with E-state index in [1.54, 1.807) is 18.3 Å². The minimum atomic E-state index is -1.78. The van der Waals surface area contributed by atoms with E-state index in [0.717, 1.165) is 10.5 Å². The number of aliphatic imine (C=N–C) groups is 2. The van der Waals surface area contributed by atoms with Crippen LogP contribution in [-0.2, 0) is 27.2 Å². The van der Waals surface area contributed by atoms with Crippen LogP contribution in [0.2, 0.25) is 0 Å². The summed E-state index contributed by atoms with van der Waals surface area (Å²) in [5.41, 5.74) is 3.28. The van der Waals surface area contributed by atoms with E-state index in [1.165, 1.54) is 30.4 Å². The highest BCUT2D eigenvalue weighted by atomic mass is 16.7. The van der Waals surface area contributed by atoms with Gasteiger partial charge in [-0.15, -0.1) is 0 Å². The third-order valence-corrected chi connectivity index (χ3v) is 9.08. The minimum absolute atomic E-state index is 0.0453. The Bertz CT molecular complexity index is 1830. The second-order valence-electron chi connectivity index (χ2n) is 12.3. The molecule has 3 heterocycles. The summed E-state index contributed by atoms with van der Waals surface area (Å²) in [4.78, 5) is 36.3. The lowest BCUT2D eigenvalue weighted by molar-refractivity contribution is -0.277. The first-order valence-corrected chi connectivity index (χ1v) is 16.0. The van der Waals surface area contributed by atoms with Crippen LogP contribution in [0.3, 0.4) is 0 Å². The van der Waals surface area contributed by atoms with Gasteiger partial charge >= 0.3 is 5.97 Å². The zero-order valence-electron chi connectivity index (χ0n) is 26.7. The fourth-order valence-corrected chi connectivity index (χ4v) is 6.50. The Hall–Kier alpha value is -5.12. The topological polar surface area (TPSA) is 222 Å². The number of amides is 1. The zero-order chi connectivity index (χ0) is 35.5. The van der Waals surface area contributed by atoms with Gasteiger partial charge in [-0.25, -0.2) is 4.79 Å². The number of benzene rings is 3. The van der Waals surface area contributed by atoms with Crippen LogP contribution in [-0.4, -0.2) is 110 Å². The van der Waals surface area contributed by atoms with E-state index in [2.05, 4.69) is 9.98 Å². The van der Waals surface area contributed by atoms with Crippen LogP contribution in [0.15, 0.2) is 76.7 Å². The highest BCUT2D eigenvalue weighted by molar-refractivity contribution is 6.32. The Labute approximate surface area is 286 Å². The van der Waals surface area contributed by atoms with Gasteiger partial charge in [-0.2, -0.15) is 0 Å². The quantitative estimate of drug-likeness (QED) is 0.143. The number of nitrogens with zero attached hydrogens (tertiary/aromatic N) is 3. The van der Waals surface area contributed by atoms with Crippen molar-refractivity contribution in [1.29, 1.82) is 0 Å². The van der Waals surface area contributed by atoms with Crippen LogP contribution in [0.1, 0.15) is 34.6 Å². The lowest BCUT2D eigenvalue weighted by atomic mass is 9.88. The molecule has 50 heavy (non-hydrogen) atoms. The number of anilines is 1. The van der Waals surface area contributed by atoms with E-state index in [9.17, 15) is 45.3 Å². The van der Waals surface area contributed by atoms with Gasteiger partial charge in [0.1, 0.15) is 42.9 Å². The zero-order valence-corrected chi connectivity index (χ0v) is 26.7. The monoisotopic (exact) mass is 687 g/mol. The molecule has 1 saturated heterocycles. The van der Waals surface area contributed by atoms with Crippen LogP contribution >= 0.6 is 0 Å². The first-order chi connectivity index (χ1) is 24.0. The van der Waals surface area contributed by atoms with Gasteiger partial charge in [0, 0.05) is 36.3 Å². The lowest BCUT2D eigenvalue weighted by Crippen LogP contribution is -2.60. The smallest absolute Gasteiger partial charge is 0.327 e. The van der Waals surface area contributed by atoms with Gasteiger partial charge in [0.25, 0.3) is 5.91 Å². The van der Waals surface area contributed by atoms with E-state index in [1.807, 2.05) is 30.3 Å². The normalized spacial score (nSPS) is 25.9. The predicted octanol–water partition coefficient (Wildman–Crippen LogP) is 1.53. The molecule has 1 fully saturated rings. The van der Waals surface area contributed by atoms with Gasteiger partial charge in [-0.05, 0) is 53.8 Å². The maximum atomic E-state index is 14.0. The summed E-state index contributed by atoms with van der Waals surface area (Å²) in [6.07, 6.45) is -2.64. The minimum Gasteiger partial charge on any atom is -0.508 e. The third-order valence-electron chi connectivity index (χ3n) is 9.08. The standard InChI is InChI=1S/C36H37N3O11/c40-17-29-32(44)33(45)34(46)36(50-29)49-28-15-25-24(14-27(28)42)23(9-6-19-4-2-1-3-5-19)31(35(47)48)39(25)30(43)11-8-20-7-10-26(41)21(12-20)13-22-16-37-18-38-22/h1-5,7-8,10-12,14-16,23,29,31-34,36,40-42,44-46H,6,9,13,17-18H2,(H,47,48)/b11-8+/t23-,29-,31-,32-,33+,34-,36-/m1/s1. The second kappa shape index (κ2) is 14.8. The number of aliphatic carboxylic acids is 1. The highest BCUT2D eigenvalue weighted by Crippen LogP contribution is 2.48. The number of hydrogen-bond acceptors (Lipinski definition) is 12. The summed E-state index contributed by atoms with van der Waals surface area (Å²) in [6.45, 7) is -0.379. The van der Waals surface area contributed by atoms with Crippen LogP contribution in [0, 0.1) is 0 Å². The summed E-state index contributed by atoms with van der Waals surface area (Å²) in [7, 11) is 0. The number of fused-ring (bicyclic) bond motifs is 1. The number of rotatable bonds is 11. The number of aliphatic hydroxyl groups excluding tert-OH is 4. The molecule has 6 rings (SSSR count). The number of aryl methyl sites for hydroxylation is 1. The van der Waals surface area contributed by atoms with Gasteiger partial charge in [0.15, 0.2) is 11.5 Å².